The fraction of sp³-hybridized carbons (Fsp3) is 0.778. The van der Waals surface area contributed by atoms with Gasteiger partial charge in [-0.3, -0.25) is 0 Å². The molecule has 0 aromatic rings. The summed E-state index contributed by atoms with van der Waals surface area (Å²) < 4.78 is 10.2. The highest BCUT2D eigenvalue weighted by molar-refractivity contribution is 5.91. The zero-order chi connectivity index (χ0) is 16.6. The van der Waals surface area contributed by atoms with Gasteiger partial charge in [-0.1, -0.05) is 59.3 Å². The van der Waals surface area contributed by atoms with Crippen LogP contribution in [0.2, 0.25) is 0 Å². The Hall–Kier alpha value is -1.32. The van der Waals surface area contributed by atoms with Crippen molar-refractivity contribution in [1.82, 2.24) is 0 Å². The van der Waals surface area contributed by atoms with E-state index in [1.165, 1.54) is 0 Å². The highest BCUT2D eigenvalue weighted by Gasteiger charge is 2.08. The standard InChI is InChI=1S/C18H32O4/c1-4-7-9-10-14-21-17(19)12-13-18(20)22-15-16(6-3)11-8-5-2/h12-13,16H,4-11,14-15H2,1-3H3/b13-12+. The molecule has 0 rings (SSSR count). The molecular weight excluding hydrogens is 280 g/mol. The summed E-state index contributed by atoms with van der Waals surface area (Å²) in [4.78, 5) is 22.9. The molecule has 4 nitrogen and oxygen atoms in total. The molecule has 22 heavy (non-hydrogen) atoms. The summed E-state index contributed by atoms with van der Waals surface area (Å²) >= 11 is 0. The maximum absolute atomic E-state index is 11.5. The van der Waals surface area contributed by atoms with Crippen LogP contribution in [0.15, 0.2) is 12.2 Å². The molecule has 0 saturated heterocycles. The molecular formula is C18H32O4. The van der Waals surface area contributed by atoms with Gasteiger partial charge in [0.25, 0.3) is 0 Å². The van der Waals surface area contributed by atoms with Crippen LogP contribution in [0, 0.1) is 5.92 Å². The number of carbonyl (C=O) groups is 2. The van der Waals surface area contributed by atoms with Crippen LogP contribution in [0.25, 0.3) is 0 Å². The third kappa shape index (κ3) is 12.4. The first-order valence-electron chi connectivity index (χ1n) is 8.65. The highest BCUT2D eigenvalue weighted by Crippen LogP contribution is 2.12. The number of unbranched alkanes of at least 4 members (excludes halogenated alkanes) is 4. The van der Waals surface area contributed by atoms with Crippen molar-refractivity contribution in [3.63, 3.8) is 0 Å². The summed E-state index contributed by atoms with van der Waals surface area (Å²) in [6.45, 7) is 7.21. The van der Waals surface area contributed by atoms with E-state index in [1.807, 2.05) is 0 Å². The average molecular weight is 312 g/mol. The van der Waals surface area contributed by atoms with E-state index in [4.69, 9.17) is 9.47 Å². The molecule has 0 aliphatic heterocycles. The third-order valence-corrected chi connectivity index (χ3v) is 3.60. The van der Waals surface area contributed by atoms with Gasteiger partial charge in [-0.15, -0.1) is 0 Å². The van der Waals surface area contributed by atoms with Gasteiger partial charge in [-0.05, 0) is 18.8 Å². The summed E-state index contributed by atoms with van der Waals surface area (Å²) in [5, 5.41) is 0. The maximum Gasteiger partial charge on any atom is 0.331 e. The third-order valence-electron chi connectivity index (χ3n) is 3.60. The smallest absolute Gasteiger partial charge is 0.331 e. The summed E-state index contributed by atoms with van der Waals surface area (Å²) in [7, 11) is 0. The Labute approximate surface area is 135 Å². The van der Waals surface area contributed by atoms with Gasteiger partial charge >= 0.3 is 11.9 Å². The number of rotatable bonds is 13. The van der Waals surface area contributed by atoms with Crippen molar-refractivity contribution in [2.45, 2.75) is 72.1 Å². The first-order valence-corrected chi connectivity index (χ1v) is 8.65. The van der Waals surface area contributed by atoms with Crippen LogP contribution in [-0.4, -0.2) is 25.2 Å². The monoisotopic (exact) mass is 312 g/mol. The molecule has 0 heterocycles. The van der Waals surface area contributed by atoms with Crippen LogP contribution in [-0.2, 0) is 19.1 Å². The SMILES string of the molecule is CCCCCCOC(=O)/C=C/C(=O)OCC(CC)CCCC. The molecule has 1 atom stereocenters. The van der Waals surface area contributed by atoms with Crippen molar-refractivity contribution in [2.75, 3.05) is 13.2 Å². The predicted octanol–water partition coefficient (Wildman–Crippen LogP) is 4.43. The summed E-state index contributed by atoms with van der Waals surface area (Å²) in [5.41, 5.74) is 0. The lowest BCUT2D eigenvalue weighted by Gasteiger charge is -2.13. The van der Waals surface area contributed by atoms with Gasteiger partial charge in [0.05, 0.1) is 13.2 Å². The van der Waals surface area contributed by atoms with Crippen LogP contribution in [0.1, 0.15) is 72.1 Å². The van der Waals surface area contributed by atoms with Crippen molar-refractivity contribution in [3.8, 4) is 0 Å². The van der Waals surface area contributed by atoms with E-state index in [2.05, 4.69) is 20.8 Å². The lowest BCUT2D eigenvalue weighted by Crippen LogP contribution is -2.12. The zero-order valence-electron chi connectivity index (χ0n) is 14.4. The van der Waals surface area contributed by atoms with E-state index in [-0.39, 0.29) is 0 Å². The van der Waals surface area contributed by atoms with E-state index in [0.717, 1.165) is 63.5 Å². The molecule has 0 spiro atoms. The van der Waals surface area contributed by atoms with Gasteiger partial charge < -0.3 is 9.47 Å². The van der Waals surface area contributed by atoms with E-state index < -0.39 is 11.9 Å². The first-order chi connectivity index (χ1) is 10.6. The van der Waals surface area contributed by atoms with Gasteiger partial charge in [0.15, 0.2) is 0 Å². The fourth-order valence-corrected chi connectivity index (χ4v) is 2.03. The molecule has 0 aliphatic rings. The largest absolute Gasteiger partial charge is 0.463 e. The number of ether oxygens (including phenoxy) is 2. The molecule has 0 amide bonds. The van der Waals surface area contributed by atoms with Crippen molar-refractivity contribution in [1.29, 1.82) is 0 Å². The number of hydrogen-bond acceptors (Lipinski definition) is 4. The second-order valence-electron chi connectivity index (χ2n) is 5.61. The Morgan fingerprint density at radius 2 is 1.50 bits per heavy atom. The molecule has 0 aromatic carbocycles. The molecule has 0 aliphatic carbocycles. The first kappa shape index (κ1) is 20.7. The lowest BCUT2D eigenvalue weighted by atomic mass is 10.0. The highest BCUT2D eigenvalue weighted by atomic mass is 16.5. The fourth-order valence-electron chi connectivity index (χ4n) is 2.03. The molecule has 0 bridgehead atoms. The van der Waals surface area contributed by atoms with Crippen molar-refractivity contribution >= 4 is 11.9 Å². The molecule has 4 heteroatoms. The van der Waals surface area contributed by atoms with Crippen molar-refractivity contribution < 1.29 is 19.1 Å². The number of carbonyl (C=O) groups excluding carboxylic acids is 2. The van der Waals surface area contributed by atoms with E-state index >= 15 is 0 Å². The summed E-state index contributed by atoms with van der Waals surface area (Å²) in [6, 6.07) is 0. The van der Waals surface area contributed by atoms with Gasteiger partial charge in [-0.25, -0.2) is 9.59 Å². The Kier molecular flexibility index (Phi) is 13.7. The molecule has 0 fully saturated rings. The predicted molar refractivity (Wildman–Crippen MR) is 88.5 cm³/mol. The van der Waals surface area contributed by atoms with Gasteiger partial charge in [-0.2, -0.15) is 0 Å². The minimum Gasteiger partial charge on any atom is -0.463 e. The molecule has 1 unspecified atom stereocenters. The molecule has 0 aromatic heterocycles. The molecule has 0 saturated carbocycles. The van der Waals surface area contributed by atoms with Gasteiger partial charge in [0.1, 0.15) is 0 Å². The summed E-state index contributed by atoms with van der Waals surface area (Å²) in [6.07, 6.45) is 10.9. The van der Waals surface area contributed by atoms with Gasteiger partial charge in [0, 0.05) is 12.2 Å². The Morgan fingerprint density at radius 3 is 2.09 bits per heavy atom. The lowest BCUT2D eigenvalue weighted by molar-refractivity contribution is -0.141. The van der Waals surface area contributed by atoms with E-state index in [0.29, 0.717) is 19.1 Å². The Bertz CT molecular complexity index is 323. The van der Waals surface area contributed by atoms with Crippen LogP contribution in [0.5, 0.6) is 0 Å². The maximum atomic E-state index is 11.5. The summed E-state index contributed by atoms with van der Waals surface area (Å²) in [5.74, 6) is -0.549. The molecule has 128 valence electrons. The van der Waals surface area contributed by atoms with E-state index in [1.54, 1.807) is 0 Å². The van der Waals surface area contributed by atoms with Crippen molar-refractivity contribution in [2.24, 2.45) is 5.92 Å². The van der Waals surface area contributed by atoms with Gasteiger partial charge in [0.2, 0.25) is 0 Å². The van der Waals surface area contributed by atoms with Crippen LogP contribution >= 0.6 is 0 Å². The molecule has 0 radical (unpaired) electrons. The van der Waals surface area contributed by atoms with Crippen LogP contribution in [0.4, 0.5) is 0 Å². The molecule has 0 N–H and O–H groups in total. The normalized spacial score (nSPS) is 12.3. The Morgan fingerprint density at radius 1 is 0.864 bits per heavy atom. The van der Waals surface area contributed by atoms with Crippen LogP contribution in [0.3, 0.4) is 0 Å². The second kappa shape index (κ2) is 14.6. The minimum atomic E-state index is -0.480. The minimum absolute atomic E-state index is 0.405. The number of esters is 2. The van der Waals surface area contributed by atoms with Crippen LogP contribution < -0.4 is 0 Å². The van der Waals surface area contributed by atoms with Crippen molar-refractivity contribution in [3.05, 3.63) is 12.2 Å². The quantitative estimate of drug-likeness (QED) is 0.287. The van der Waals surface area contributed by atoms with E-state index in [9.17, 15) is 9.59 Å². The zero-order valence-corrected chi connectivity index (χ0v) is 14.4. The Balaban J connectivity index is 3.81. The second-order valence-corrected chi connectivity index (χ2v) is 5.61. The average Bonchev–Trinajstić information content (AvgIpc) is 2.53. The number of hydrogen-bond donors (Lipinski definition) is 0. The topological polar surface area (TPSA) is 52.6 Å².